The van der Waals surface area contributed by atoms with Crippen LogP contribution >= 0.6 is 0 Å². The van der Waals surface area contributed by atoms with E-state index in [1.54, 1.807) is 0 Å². The van der Waals surface area contributed by atoms with E-state index in [0.29, 0.717) is 0 Å². The molecule has 0 N–H and O–H groups in total. The lowest BCUT2D eigenvalue weighted by atomic mass is 9.97. The lowest BCUT2D eigenvalue weighted by Gasteiger charge is -2.38. The van der Waals surface area contributed by atoms with Gasteiger partial charge in [-0.2, -0.15) is 0 Å². The second kappa shape index (κ2) is 5.29. The number of rotatable bonds is 3. The van der Waals surface area contributed by atoms with Crippen LogP contribution in [0, 0.1) is 12.3 Å². The van der Waals surface area contributed by atoms with Gasteiger partial charge in [0, 0.05) is 18.5 Å². The topological polar surface area (TPSA) is 3.24 Å². The van der Waals surface area contributed by atoms with Crippen LogP contribution in [0.5, 0.6) is 0 Å². The van der Waals surface area contributed by atoms with Crippen LogP contribution in [-0.4, -0.2) is 23.5 Å². The average molecular weight is 179 g/mol. The van der Waals surface area contributed by atoms with Gasteiger partial charge in [0.2, 0.25) is 0 Å². The Labute approximate surface area is 82.5 Å². The summed E-state index contributed by atoms with van der Waals surface area (Å²) >= 11 is 0. The zero-order valence-electron chi connectivity index (χ0n) is 8.92. The number of hydrogen-bond acceptors (Lipinski definition) is 1. The number of terminal acetylenes is 1. The molecule has 0 aromatic heterocycles. The van der Waals surface area contributed by atoms with E-state index in [1.165, 1.54) is 25.8 Å². The summed E-state index contributed by atoms with van der Waals surface area (Å²) in [5, 5.41) is 0. The van der Waals surface area contributed by atoms with E-state index in [2.05, 4.69) is 24.7 Å². The molecular formula is C12H21N. The number of unbranched alkanes of at least 4 members (excludes halogenated alkanes) is 1. The zero-order valence-corrected chi connectivity index (χ0v) is 8.92. The fourth-order valence-electron chi connectivity index (χ4n) is 2.28. The Bertz CT molecular complexity index is 170. The van der Waals surface area contributed by atoms with Crippen LogP contribution in [0.25, 0.3) is 0 Å². The molecule has 0 bridgehead atoms. The van der Waals surface area contributed by atoms with Gasteiger partial charge >= 0.3 is 0 Å². The molecule has 1 fully saturated rings. The fraction of sp³-hybridized carbons (Fsp3) is 0.833. The van der Waals surface area contributed by atoms with Crippen molar-refractivity contribution in [1.29, 1.82) is 0 Å². The predicted octanol–water partition coefficient (Wildman–Crippen LogP) is 2.66. The molecule has 1 heterocycles. The highest BCUT2D eigenvalue weighted by Gasteiger charge is 2.23. The number of nitrogens with zero attached hydrogens (tertiary/aromatic N) is 1. The summed E-state index contributed by atoms with van der Waals surface area (Å²) < 4.78 is 0. The Hall–Kier alpha value is -0.480. The maximum atomic E-state index is 5.24. The van der Waals surface area contributed by atoms with Gasteiger partial charge in [-0.25, -0.2) is 0 Å². The smallest absolute Gasteiger partial charge is 0.00982 e. The number of likely N-dealkylation sites (tertiary alicyclic amines) is 1. The minimum atomic E-state index is 0.765. The van der Waals surface area contributed by atoms with Crippen molar-refractivity contribution in [2.75, 3.05) is 6.54 Å². The van der Waals surface area contributed by atoms with E-state index >= 15 is 0 Å². The fourth-order valence-corrected chi connectivity index (χ4v) is 2.28. The monoisotopic (exact) mass is 179 g/mol. The zero-order chi connectivity index (χ0) is 9.68. The summed E-state index contributed by atoms with van der Waals surface area (Å²) in [7, 11) is 0. The molecule has 74 valence electrons. The lowest BCUT2D eigenvalue weighted by molar-refractivity contribution is 0.103. The summed E-state index contributed by atoms with van der Waals surface area (Å²) in [6.45, 7) is 5.86. The first-order valence-corrected chi connectivity index (χ1v) is 5.45. The lowest BCUT2D eigenvalue weighted by Crippen LogP contribution is -2.44. The van der Waals surface area contributed by atoms with Crippen molar-refractivity contribution in [3.63, 3.8) is 0 Å². The molecule has 0 spiro atoms. The molecule has 2 atom stereocenters. The molecule has 0 aliphatic carbocycles. The molecule has 13 heavy (non-hydrogen) atoms. The van der Waals surface area contributed by atoms with Gasteiger partial charge in [0.05, 0.1) is 0 Å². The van der Waals surface area contributed by atoms with Crippen molar-refractivity contribution in [2.24, 2.45) is 0 Å². The minimum Gasteiger partial charge on any atom is -0.298 e. The van der Waals surface area contributed by atoms with Crippen LogP contribution in [0.4, 0.5) is 0 Å². The van der Waals surface area contributed by atoms with Gasteiger partial charge in [0.1, 0.15) is 0 Å². The Morgan fingerprint density at radius 2 is 1.92 bits per heavy atom. The third-order valence-electron chi connectivity index (χ3n) is 3.11. The molecule has 0 saturated carbocycles. The van der Waals surface area contributed by atoms with Gasteiger partial charge in [-0.3, -0.25) is 4.90 Å². The second-order valence-electron chi connectivity index (χ2n) is 4.17. The molecule has 1 aliphatic heterocycles. The van der Waals surface area contributed by atoms with Crippen molar-refractivity contribution in [3.8, 4) is 12.3 Å². The van der Waals surface area contributed by atoms with Gasteiger partial charge < -0.3 is 0 Å². The second-order valence-corrected chi connectivity index (χ2v) is 4.17. The van der Waals surface area contributed by atoms with E-state index < -0.39 is 0 Å². The molecule has 0 radical (unpaired) electrons. The van der Waals surface area contributed by atoms with Crippen LogP contribution in [0.15, 0.2) is 0 Å². The van der Waals surface area contributed by atoms with Gasteiger partial charge in [-0.1, -0.05) is 6.42 Å². The van der Waals surface area contributed by atoms with Crippen molar-refractivity contribution in [1.82, 2.24) is 4.90 Å². The van der Waals surface area contributed by atoms with E-state index in [1.807, 2.05) is 0 Å². The van der Waals surface area contributed by atoms with Crippen molar-refractivity contribution in [2.45, 2.75) is 58.0 Å². The van der Waals surface area contributed by atoms with Gasteiger partial charge in [0.25, 0.3) is 0 Å². The van der Waals surface area contributed by atoms with E-state index in [4.69, 9.17) is 6.42 Å². The molecule has 0 aromatic rings. The molecule has 1 aliphatic rings. The van der Waals surface area contributed by atoms with Gasteiger partial charge in [0.15, 0.2) is 0 Å². The normalized spacial score (nSPS) is 29.9. The summed E-state index contributed by atoms with van der Waals surface area (Å²) in [6, 6.07) is 1.53. The maximum Gasteiger partial charge on any atom is 0.00982 e. The van der Waals surface area contributed by atoms with Crippen LogP contribution in [0.3, 0.4) is 0 Å². The van der Waals surface area contributed by atoms with E-state index in [-0.39, 0.29) is 0 Å². The summed E-state index contributed by atoms with van der Waals surface area (Å²) in [6.07, 6.45) is 11.4. The van der Waals surface area contributed by atoms with Crippen molar-refractivity contribution < 1.29 is 0 Å². The van der Waals surface area contributed by atoms with Gasteiger partial charge in [-0.05, 0) is 39.7 Å². The highest BCUT2D eigenvalue weighted by Crippen LogP contribution is 2.22. The van der Waals surface area contributed by atoms with E-state index in [0.717, 1.165) is 24.9 Å². The minimum absolute atomic E-state index is 0.765. The first kappa shape index (κ1) is 10.6. The molecule has 1 saturated heterocycles. The standard InChI is InChI=1S/C12H21N/c1-4-5-6-10-13-11(2)8-7-9-12(13)3/h1,11-12H,5-10H2,2-3H3. The average Bonchev–Trinajstić information content (AvgIpc) is 2.10. The third kappa shape index (κ3) is 3.04. The molecule has 2 unspecified atom stereocenters. The summed E-state index contributed by atoms with van der Waals surface area (Å²) in [4.78, 5) is 2.61. The third-order valence-corrected chi connectivity index (χ3v) is 3.11. The number of hydrogen-bond donors (Lipinski definition) is 0. The van der Waals surface area contributed by atoms with E-state index in [9.17, 15) is 0 Å². The molecule has 0 aromatic carbocycles. The Morgan fingerprint density at radius 3 is 2.46 bits per heavy atom. The molecule has 1 heteroatoms. The highest BCUT2D eigenvalue weighted by atomic mass is 15.2. The molecule has 1 rings (SSSR count). The highest BCUT2D eigenvalue weighted by molar-refractivity contribution is 4.85. The maximum absolute atomic E-state index is 5.24. The van der Waals surface area contributed by atoms with Gasteiger partial charge in [-0.15, -0.1) is 12.3 Å². The van der Waals surface area contributed by atoms with Crippen LogP contribution < -0.4 is 0 Å². The van der Waals surface area contributed by atoms with Crippen LogP contribution in [-0.2, 0) is 0 Å². The van der Waals surface area contributed by atoms with Crippen LogP contribution in [0.2, 0.25) is 0 Å². The molecule has 0 amide bonds. The van der Waals surface area contributed by atoms with Crippen molar-refractivity contribution >= 4 is 0 Å². The predicted molar refractivity (Wildman–Crippen MR) is 57.5 cm³/mol. The first-order valence-electron chi connectivity index (χ1n) is 5.45. The Balaban J connectivity index is 2.31. The van der Waals surface area contributed by atoms with Crippen LogP contribution in [0.1, 0.15) is 46.0 Å². The largest absolute Gasteiger partial charge is 0.298 e. The molecule has 1 nitrogen and oxygen atoms in total. The Kier molecular flexibility index (Phi) is 4.32. The summed E-state index contributed by atoms with van der Waals surface area (Å²) in [5.74, 6) is 2.71. The first-order chi connectivity index (χ1) is 6.25. The number of piperidine rings is 1. The Morgan fingerprint density at radius 1 is 1.31 bits per heavy atom. The molecular weight excluding hydrogens is 158 g/mol. The SMILES string of the molecule is C#CCCCN1C(C)CCCC1C. The van der Waals surface area contributed by atoms with Crippen molar-refractivity contribution in [3.05, 3.63) is 0 Å². The summed E-state index contributed by atoms with van der Waals surface area (Å²) in [5.41, 5.74) is 0. The quantitative estimate of drug-likeness (QED) is 0.475.